The predicted octanol–water partition coefficient (Wildman–Crippen LogP) is 5.25. The minimum Gasteiger partial charge on any atom is -0.357 e. The van der Waals surface area contributed by atoms with Crippen LogP contribution in [-0.4, -0.2) is 52.8 Å². The number of carbonyl (C=O) groups is 2. The number of benzene rings is 2. The lowest BCUT2D eigenvalue weighted by atomic mass is 9.79. The molecule has 8 heteroatoms. The standard InChI is InChI=1S/C28H28F3N3O2/c29-28(30,31)24-9-5-20(6-10-24)16-19-3-7-22(8-4-19)26(35)33-14-11-21(12-15-33)23-17-34(18-23)27(36)25-2-1-13-32-25/h1-10,13,21,23,32H,11-12,14-18H2. The first-order valence-corrected chi connectivity index (χ1v) is 12.2. The van der Waals surface area contributed by atoms with Gasteiger partial charge in [-0.25, -0.2) is 0 Å². The van der Waals surface area contributed by atoms with Gasteiger partial charge in [0, 0.05) is 37.9 Å². The maximum atomic E-state index is 13.0. The number of carbonyl (C=O) groups excluding carboxylic acids is 2. The molecule has 2 amide bonds. The lowest BCUT2D eigenvalue weighted by Crippen LogP contribution is -2.54. The first-order chi connectivity index (χ1) is 17.3. The average molecular weight is 496 g/mol. The summed E-state index contributed by atoms with van der Waals surface area (Å²) >= 11 is 0. The van der Waals surface area contributed by atoms with Gasteiger partial charge in [0.15, 0.2) is 0 Å². The Labute approximate surface area is 207 Å². The van der Waals surface area contributed by atoms with E-state index < -0.39 is 11.7 Å². The van der Waals surface area contributed by atoms with Crippen molar-refractivity contribution >= 4 is 11.8 Å². The summed E-state index contributed by atoms with van der Waals surface area (Å²) in [7, 11) is 0. The third-order valence-electron chi connectivity index (χ3n) is 7.41. The molecular weight excluding hydrogens is 467 g/mol. The number of hydrogen-bond acceptors (Lipinski definition) is 2. The first kappa shape index (κ1) is 24.2. The summed E-state index contributed by atoms with van der Waals surface area (Å²) in [5.74, 6) is 1.07. The smallest absolute Gasteiger partial charge is 0.357 e. The van der Waals surface area contributed by atoms with E-state index in [9.17, 15) is 22.8 Å². The summed E-state index contributed by atoms with van der Waals surface area (Å²) < 4.78 is 38.2. The molecule has 2 fully saturated rings. The van der Waals surface area contributed by atoms with Crippen molar-refractivity contribution in [2.75, 3.05) is 26.2 Å². The van der Waals surface area contributed by atoms with Crippen LogP contribution in [0.1, 0.15) is 50.4 Å². The van der Waals surface area contributed by atoms with Crippen molar-refractivity contribution in [1.29, 1.82) is 0 Å². The molecule has 0 aliphatic carbocycles. The second-order valence-corrected chi connectivity index (χ2v) is 9.75. The summed E-state index contributed by atoms with van der Waals surface area (Å²) in [6.07, 6.45) is -0.207. The summed E-state index contributed by atoms with van der Waals surface area (Å²) in [6, 6.07) is 16.1. The van der Waals surface area contributed by atoms with E-state index in [1.54, 1.807) is 24.4 Å². The SMILES string of the molecule is O=C(c1ccc(Cc2ccc(C(F)(F)F)cc2)cc1)N1CCC(C2CN(C(=O)c3ccc[nH]3)C2)CC1. The quantitative estimate of drug-likeness (QED) is 0.526. The number of amides is 2. The molecule has 0 radical (unpaired) electrons. The van der Waals surface area contributed by atoms with Gasteiger partial charge in [-0.2, -0.15) is 13.2 Å². The highest BCUT2D eigenvalue weighted by Gasteiger charge is 2.38. The summed E-state index contributed by atoms with van der Waals surface area (Å²) in [6.45, 7) is 2.96. The average Bonchev–Trinajstić information content (AvgIpc) is 3.39. The zero-order valence-corrected chi connectivity index (χ0v) is 19.8. The lowest BCUT2D eigenvalue weighted by molar-refractivity contribution is -0.137. The van der Waals surface area contributed by atoms with Crippen LogP contribution in [0.2, 0.25) is 0 Å². The van der Waals surface area contributed by atoms with Crippen LogP contribution in [0.3, 0.4) is 0 Å². The maximum Gasteiger partial charge on any atom is 0.416 e. The molecule has 36 heavy (non-hydrogen) atoms. The largest absolute Gasteiger partial charge is 0.416 e. The molecule has 0 saturated carbocycles. The molecule has 2 saturated heterocycles. The third-order valence-corrected chi connectivity index (χ3v) is 7.41. The molecule has 1 N–H and O–H groups in total. The van der Waals surface area contributed by atoms with Crippen molar-refractivity contribution in [3.05, 3.63) is 94.8 Å². The summed E-state index contributed by atoms with van der Waals surface area (Å²) in [5, 5.41) is 0. The van der Waals surface area contributed by atoms with Gasteiger partial charge in [0.2, 0.25) is 0 Å². The fourth-order valence-electron chi connectivity index (χ4n) is 5.18. The fourth-order valence-corrected chi connectivity index (χ4v) is 5.18. The second-order valence-electron chi connectivity index (χ2n) is 9.75. The lowest BCUT2D eigenvalue weighted by Gasteiger charge is -2.46. The summed E-state index contributed by atoms with van der Waals surface area (Å²) in [5.41, 5.74) is 2.31. The topological polar surface area (TPSA) is 56.4 Å². The van der Waals surface area contributed by atoms with Gasteiger partial charge in [-0.15, -0.1) is 0 Å². The fraction of sp³-hybridized carbons (Fsp3) is 0.357. The third kappa shape index (κ3) is 5.17. The Kier molecular flexibility index (Phi) is 6.60. The molecule has 3 heterocycles. The van der Waals surface area contributed by atoms with Gasteiger partial charge in [0.25, 0.3) is 11.8 Å². The van der Waals surface area contributed by atoms with Crippen LogP contribution >= 0.6 is 0 Å². The first-order valence-electron chi connectivity index (χ1n) is 12.2. The Bertz CT molecular complexity index is 1190. The van der Waals surface area contributed by atoms with Crippen molar-refractivity contribution in [2.24, 2.45) is 11.8 Å². The van der Waals surface area contributed by atoms with E-state index in [-0.39, 0.29) is 11.8 Å². The van der Waals surface area contributed by atoms with Crippen molar-refractivity contribution in [2.45, 2.75) is 25.4 Å². The number of piperidine rings is 1. The number of aromatic amines is 1. The number of nitrogens with zero attached hydrogens (tertiary/aromatic N) is 2. The molecule has 1 aromatic heterocycles. The number of H-pyrrole nitrogens is 1. The van der Waals surface area contributed by atoms with Gasteiger partial charge < -0.3 is 14.8 Å². The number of rotatable bonds is 5. The Balaban J connectivity index is 1.09. The highest BCUT2D eigenvalue weighted by Crippen LogP contribution is 2.33. The molecule has 0 atom stereocenters. The molecular formula is C28H28F3N3O2. The van der Waals surface area contributed by atoms with Crippen molar-refractivity contribution in [1.82, 2.24) is 14.8 Å². The van der Waals surface area contributed by atoms with Gasteiger partial charge in [-0.1, -0.05) is 24.3 Å². The minimum absolute atomic E-state index is 0.00619. The van der Waals surface area contributed by atoms with Gasteiger partial charge >= 0.3 is 6.18 Å². The van der Waals surface area contributed by atoms with Crippen LogP contribution in [0.5, 0.6) is 0 Å². The van der Waals surface area contributed by atoms with Crippen molar-refractivity contribution in [3.63, 3.8) is 0 Å². The maximum absolute atomic E-state index is 13.0. The summed E-state index contributed by atoms with van der Waals surface area (Å²) in [4.78, 5) is 32.1. The van der Waals surface area contributed by atoms with E-state index in [1.165, 1.54) is 12.1 Å². The van der Waals surface area contributed by atoms with Gasteiger partial charge in [0.1, 0.15) is 5.69 Å². The number of aromatic nitrogens is 1. The molecule has 2 aromatic carbocycles. The molecule has 188 valence electrons. The van der Waals surface area contributed by atoms with E-state index in [0.29, 0.717) is 42.6 Å². The minimum atomic E-state index is -4.34. The molecule has 3 aromatic rings. The van der Waals surface area contributed by atoms with Crippen LogP contribution in [0.25, 0.3) is 0 Å². The monoisotopic (exact) mass is 495 g/mol. The van der Waals surface area contributed by atoms with Crippen LogP contribution in [0, 0.1) is 11.8 Å². The zero-order chi connectivity index (χ0) is 25.3. The molecule has 5 nitrogen and oxygen atoms in total. The van der Waals surface area contributed by atoms with Crippen LogP contribution in [0.4, 0.5) is 13.2 Å². The highest BCUT2D eigenvalue weighted by molar-refractivity contribution is 5.94. The van der Waals surface area contributed by atoms with Crippen LogP contribution in [-0.2, 0) is 12.6 Å². The number of alkyl halides is 3. The van der Waals surface area contributed by atoms with Crippen LogP contribution < -0.4 is 0 Å². The molecule has 5 rings (SSSR count). The molecule has 0 bridgehead atoms. The van der Waals surface area contributed by atoms with E-state index in [0.717, 1.165) is 49.2 Å². The molecule has 2 aliphatic heterocycles. The number of hydrogen-bond donors (Lipinski definition) is 1. The second kappa shape index (κ2) is 9.84. The Morgan fingerprint density at radius 3 is 1.97 bits per heavy atom. The van der Waals surface area contributed by atoms with E-state index >= 15 is 0 Å². The Hall–Kier alpha value is -3.55. The van der Waals surface area contributed by atoms with E-state index in [2.05, 4.69) is 4.98 Å². The van der Waals surface area contributed by atoms with Gasteiger partial charge in [-0.3, -0.25) is 9.59 Å². The molecule has 2 aliphatic rings. The normalized spacial score (nSPS) is 17.2. The van der Waals surface area contributed by atoms with Gasteiger partial charge in [0.05, 0.1) is 5.56 Å². The number of halogens is 3. The molecule has 0 spiro atoms. The number of nitrogens with one attached hydrogen (secondary N) is 1. The van der Waals surface area contributed by atoms with E-state index in [1.807, 2.05) is 28.0 Å². The molecule has 0 unspecified atom stereocenters. The van der Waals surface area contributed by atoms with E-state index in [4.69, 9.17) is 0 Å². The van der Waals surface area contributed by atoms with Crippen molar-refractivity contribution < 1.29 is 22.8 Å². The number of likely N-dealkylation sites (tertiary alicyclic amines) is 2. The van der Waals surface area contributed by atoms with Crippen LogP contribution in [0.15, 0.2) is 66.9 Å². The Morgan fingerprint density at radius 2 is 1.42 bits per heavy atom. The Morgan fingerprint density at radius 1 is 0.806 bits per heavy atom. The zero-order valence-electron chi connectivity index (χ0n) is 19.8. The van der Waals surface area contributed by atoms with Gasteiger partial charge in [-0.05, 0) is 78.6 Å². The van der Waals surface area contributed by atoms with Crippen molar-refractivity contribution in [3.8, 4) is 0 Å². The predicted molar refractivity (Wildman–Crippen MR) is 130 cm³/mol. The highest BCUT2D eigenvalue weighted by atomic mass is 19.4.